The highest BCUT2D eigenvalue weighted by Gasteiger charge is 2.06. The zero-order chi connectivity index (χ0) is 13.9. The van der Waals surface area contributed by atoms with E-state index in [4.69, 9.17) is 23.2 Å². The molecule has 1 heterocycles. The Kier molecular flexibility index (Phi) is 3.67. The topological polar surface area (TPSA) is 43.6 Å². The smallest absolute Gasteiger partial charge is 0.159 e. The summed E-state index contributed by atoms with van der Waals surface area (Å²) in [6, 6.07) is 14.9. The van der Waals surface area contributed by atoms with Gasteiger partial charge >= 0.3 is 0 Å². The zero-order valence-corrected chi connectivity index (χ0v) is 11.9. The molecule has 0 aliphatic carbocycles. The van der Waals surface area contributed by atoms with E-state index in [2.05, 4.69) is 15.4 Å². The largest absolute Gasteiger partial charge is 0.204 e. The van der Waals surface area contributed by atoms with Crippen LogP contribution < -0.4 is 0 Å². The van der Waals surface area contributed by atoms with Crippen LogP contribution in [0.5, 0.6) is 0 Å². The number of rotatable bonds is 3. The SMILES string of the molecule is Clc1cccc(Cn2nnc(-c3cccc(Cl)c3)n2)c1. The Morgan fingerprint density at radius 1 is 0.950 bits per heavy atom. The number of nitrogens with zero attached hydrogens (tertiary/aromatic N) is 4. The predicted molar refractivity (Wildman–Crippen MR) is 78.8 cm³/mol. The van der Waals surface area contributed by atoms with E-state index in [1.807, 2.05) is 42.5 Å². The van der Waals surface area contributed by atoms with Gasteiger partial charge in [-0.25, -0.2) is 0 Å². The van der Waals surface area contributed by atoms with Crippen molar-refractivity contribution in [3.05, 3.63) is 64.1 Å². The van der Waals surface area contributed by atoms with Gasteiger partial charge in [-0.2, -0.15) is 4.80 Å². The second-order valence-corrected chi connectivity index (χ2v) is 5.16. The fourth-order valence-corrected chi connectivity index (χ4v) is 2.26. The van der Waals surface area contributed by atoms with Gasteiger partial charge in [0.25, 0.3) is 0 Å². The Bertz CT molecular complexity index is 739. The number of aromatic nitrogens is 4. The molecular weight excluding hydrogens is 295 g/mol. The Balaban J connectivity index is 1.84. The molecule has 2 aromatic carbocycles. The van der Waals surface area contributed by atoms with Crippen LogP contribution in [0.15, 0.2) is 48.5 Å². The molecule has 0 bridgehead atoms. The number of tetrazole rings is 1. The van der Waals surface area contributed by atoms with Gasteiger partial charge in [-0.1, -0.05) is 47.5 Å². The second-order valence-electron chi connectivity index (χ2n) is 4.28. The van der Waals surface area contributed by atoms with Crippen LogP contribution in [0.1, 0.15) is 5.56 Å². The lowest BCUT2D eigenvalue weighted by molar-refractivity contribution is 0.573. The van der Waals surface area contributed by atoms with E-state index >= 15 is 0 Å². The van der Waals surface area contributed by atoms with Crippen molar-refractivity contribution in [1.29, 1.82) is 0 Å². The molecule has 20 heavy (non-hydrogen) atoms. The average Bonchev–Trinajstić information content (AvgIpc) is 2.87. The van der Waals surface area contributed by atoms with Crippen LogP contribution in [0.25, 0.3) is 11.4 Å². The highest BCUT2D eigenvalue weighted by atomic mass is 35.5. The van der Waals surface area contributed by atoms with Gasteiger partial charge in [0.05, 0.1) is 6.54 Å². The lowest BCUT2D eigenvalue weighted by Gasteiger charge is -1.99. The summed E-state index contributed by atoms with van der Waals surface area (Å²) in [7, 11) is 0. The minimum atomic E-state index is 0.522. The van der Waals surface area contributed by atoms with E-state index in [0.29, 0.717) is 22.4 Å². The quantitative estimate of drug-likeness (QED) is 0.741. The average molecular weight is 305 g/mol. The van der Waals surface area contributed by atoms with Crippen molar-refractivity contribution in [3.63, 3.8) is 0 Å². The fourth-order valence-electron chi connectivity index (χ4n) is 1.85. The first kappa shape index (κ1) is 13.1. The van der Waals surface area contributed by atoms with Crippen LogP contribution in [-0.4, -0.2) is 20.2 Å². The minimum absolute atomic E-state index is 0.522. The summed E-state index contributed by atoms with van der Waals surface area (Å²) in [5.41, 5.74) is 1.86. The third-order valence-corrected chi connectivity index (χ3v) is 3.22. The van der Waals surface area contributed by atoms with Crippen molar-refractivity contribution < 1.29 is 0 Å². The van der Waals surface area contributed by atoms with Gasteiger partial charge in [-0.3, -0.25) is 0 Å². The first-order valence-electron chi connectivity index (χ1n) is 5.99. The van der Waals surface area contributed by atoms with Crippen molar-refractivity contribution in [1.82, 2.24) is 20.2 Å². The van der Waals surface area contributed by atoms with Crippen LogP contribution in [0, 0.1) is 0 Å². The maximum absolute atomic E-state index is 5.95. The lowest BCUT2D eigenvalue weighted by Crippen LogP contribution is -2.03. The molecular formula is C14H10Cl2N4. The third kappa shape index (κ3) is 2.98. The van der Waals surface area contributed by atoms with Gasteiger partial charge < -0.3 is 0 Å². The summed E-state index contributed by atoms with van der Waals surface area (Å²) in [5.74, 6) is 0.550. The van der Waals surface area contributed by atoms with E-state index in [1.165, 1.54) is 4.80 Å². The summed E-state index contributed by atoms with van der Waals surface area (Å²) >= 11 is 11.9. The molecule has 0 amide bonds. The van der Waals surface area contributed by atoms with Crippen molar-refractivity contribution in [2.24, 2.45) is 0 Å². The van der Waals surface area contributed by atoms with Gasteiger partial charge in [0.15, 0.2) is 0 Å². The molecule has 4 nitrogen and oxygen atoms in total. The first-order valence-corrected chi connectivity index (χ1v) is 6.74. The Morgan fingerprint density at radius 2 is 1.70 bits per heavy atom. The van der Waals surface area contributed by atoms with Crippen LogP contribution in [0.2, 0.25) is 10.0 Å². The van der Waals surface area contributed by atoms with E-state index in [0.717, 1.165) is 11.1 Å². The lowest BCUT2D eigenvalue weighted by atomic mass is 10.2. The molecule has 0 atom stereocenters. The van der Waals surface area contributed by atoms with E-state index in [9.17, 15) is 0 Å². The summed E-state index contributed by atoms with van der Waals surface area (Å²) in [6.07, 6.45) is 0. The number of benzene rings is 2. The molecule has 0 radical (unpaired) electrons. The number of halogens is 2. The summed E-state index contributed by atoms with van der Waals surface area (Å²) in [5, 5.41) is 13.8. The van der Waals surface area contributed by atoms with Crippen molar-refractivity contribution in [3.8, 4) is 11.4 Å². The van der Waals surface area contributed by atoms with Crippen LogP contribution in [-0.2, 0) is 6.54 Å². The van der Waals surface area contributed by atoms with E-state index in [1.54, 1.807) is 6.07 Å². The normalized spacial score (nSPS) is 10.7. The Hall–Kier alpha value is -1.91. The molecule has 0 aliphatic rings. The molecule has 3 rings (SSSR count). The van der Waals surface area contributed by atoms with Gasteiger partial charge in [0.1, 0.15) is 0 Å². The number of hydrogen-bond acceptors (Lipinski definition) is 3. The van der Waals surface area contributed by atoms with E-state index < -0.39 is 0 Å². The molecule has 6 heteroatoms. The maximum atomic E-state index is 5.95. The van der Waals surface area contributed by atoms with E-state index in [-0.39, 0.29) is 0 Å². The van der Waals surface area contributed by atoms with Crippen molar-refractivity contribution in [2.75, 3.05) is 0 Å². The van der Waals surface area contributed by atoms with Crippen LogP contribution in [0.3, 0.4) is 0 Å². The standard InChI is InChI=1S/C14H10Cl2N4/c15-12-5-1-3-10(7-12)9-20-18-14(17-19-20)11-4-2-6-13(16)8-11/h1-8H,9H2. The molecule has 3 aromatic rings. The van der Waals surface area contributed by atoms with Gasteiger partial charge in [-0.15, -0.1) is 10.2 Å². The van der Waals surface area contributed by atoms with Crippen molar-refractivity contribution >= 4 is 23.2 Å². The van der Waals surface area contributed by atoms with Gasteiger partial charge in [0, 0.05) is 15.6 Å². The van der Waals surface area contributed by atoms with Crippen molar-refractivity contribution in [2.45, 2.75) is 6.54 Å². The molecule has 0 spiro atoms. The second kappa shape index (κ2) is 5.61. The monoisotopic (exact) mass is 304 g/mol. The van der Waals surface area contributed by atoms with Gasteiger partial charge in [0.2, 0.25) is 5.82 Å². The predicted octanol–water partition coefficient (Wildman–Crippen LogP) is 3.70. The summed E-state index contributed by atoms with van der Waals surface area (Å²) < 4.78 is 0. The summed E-state index contributed by atoms with van der Waals surface area (Å²) in [4.78, 5) is 1.53. The first-order chi connectivity index (χ1) is 9.70. The van der Waals surface area contributed by atoms with Crippen LogP contribution >= 0.6 is 23.2 Å². The molecule has 0 saturated heterocycles. The fraction of sp³-hybridized carbons (Fsp3) is 0.0714. The molecule has 0 aliphatic heterocycles. The molecule has 0 fully saturated rings. The summed E-state index contributed by atoms with van der Waals surface area (Å²) in [6.45, 7) is 0.522. The Morgan fingerprint density at radius 3 is 2.45 bits per heavy atom. The molecule has 0 unspecified atom stereocenters. The molecule has 1 aromatic heterocycles. The molecule has 0 saturated carbocycles. The zero-order valence-electron chi connectivity index (χ0n) is 10.4. The maximum Gasteiger partial charge on any atom is 0.204 e. The third-order valence-electron chi connectivity index (χ3n) is 2.75. The number of hydrogen-bond donors (Lipinski definition) is 0. The molecule has 100 valence electrons. The molecule has 0 N–H and O–H groups in total. The minimum Gasteiger partial charge on any atom is -0.159 e. The highest BCUT2D eigenvalue weighted by molar-refractivity contribution is 6.31. The van der Waals surface area contributed by atoms with Gasteiger partial charge in [-0.05, 0) is 35.0 Å². The van der Waals surface area contributed by atoms with Crippen LogP contribution in [0.4, 0.5) is 0 Å². The Labute approximate surface area is 126 Å². The highest BCUT2D eigenvalue weighted by Crippen LogP contribution is 2.18.